The average Bonchev–Trinajstić information content (AvgIpc) is 3.80. The monoisotopic (exact) mass is 822 g/mol. The Labute approximate surface area is 359 Å². The van der Waals surface area contributed by atoms with Crippen molar-refractivity contribution in [2.45, 2.75) is 72.6 Å². The van der Waals surface area contributed by atoms with E-state index in [1.165, 1.54) is 31.2 Å². The second-order valence-corrected chi connectivity index (χ2v) is 15.6. The molecule has 0 saturated carbocycles. The van der Waals surface area contributed by atoms with Gasteiger partial charge in [0.1, 0.15) is 11.6 Å². The van der Waals surface area contributed by atoms with Gasteiger partial charge in [0.2, 0.25) is 0 Å². The molecule has 12 heteroatoms. The first-order valence-corrected chi connectivity index (χ1v) is 21.0. The number of fused-ring (bicyclic) bond motifs is 2. The summed E-state index contributed by atoms with van der Waals surface area (Å²) in [6.45, 7) is 12.0. The Morgan fingerprint density at radius 2 is 1.15 bits per heavy atom. The first-order valence-electron chi connectivity index (χ1n) is 21.0. The van der Waals surface area contributed by atoms with Gasteiger partial charge in [0.15, 0.2) is 34.3 Å². The summed E-state index contributed by atoms with van der Waals surface area (Å²) in [6, 6.07) is 26.4. The molecule has 12 nitrogen and oxygen atoms in total. The lowest BCUT2D eigenvalue weighted by Crippen LogP contribution is -2.13. The molecule has 7 aromatic rings. The van der Waals surface area contributed by atoms with Crippen LogP contribution < -0.4 is 29.6 Å². The Kier molecular flexibility index (Phi) is 13.4. The number of nitrogens with one attached hydrogen (secondary N) is 2. The molecule has 8 rings (SSSR count). The number of hydrogen-bond acceptors (Lipinski definition) is 10. The fourth-order valence-corrected chi connectivity index (χ4v) is 8.04. The molecule has 1 unspecified atom stereocenters. The van der Waals surface area contributed by atoms with E-state index in [0.29, 0.717) is 28.9 Å². The number of aryl methyl sites for hydroxylation is 4. The molecule has 0 fully saturated rings. The van der Waals surface area contributed by atoms with E-state index in [-0.39, 0.29) is 0 Å². The molecule has 3 aromatic carbocycles. The summed E-state index contributed by atoms with van der Waals surface area (Å²) in [5.74, 6) is 5.05. The van der Waals surface area contributed by atoms with Crippen molar-refractivity contribution in [3.63, 3.8) is 0 Å². The molecule has 0 radical (unpaired) electrons. The fraction of sp³-hybridized carbons (Fsp3) is 0.347. The lowest BCUT2D eigenvalue weighted by Gasteiger charge is -2.15. The van der Waals surface area contributed by atoms with Gasteiger partial charge in [-0.3, -0.25) is 0 Å². The van der Waals surface area contributed by atoms with E-state index in [1.54, 1.807) is 34.0 Å². The fourth-order valence-electron chi connectivity index (χ4n) is 8.04. The SMILES string of the molecule is COc1ccc(-c2c(C)nn3c(NCC(C)c4ccccc4)cc(C)nc23)cc1OC.COc1ccc(-c2c(C)nn3c(NCCC4=CCCCC4)cc(C)nc23)cc1OC. The van der Waals surface area contributed by atoms with Gasteiger partial charge in [0.05, 0.1) is 39.8 Å². The zero-order valence-electron chi connectivity index (χ0n) is 36.9. The van der Waals surface area contributed by atoms with Crippen LogP contribution in [0.25, 0.3) is 33.5 Å². The van der Waals surface area contributed by atoms with Crippen LogP contribution >= 0.6 is 0 Å². The van der Waals surface area contributed by atoms with Crippen molar-refractivity contribution in [1.29, 1.82) is 0 Å². The highest BCUT2D eigenvalue weighted by Crippen LogP contribution is 2.37. The summed E-state index contributed by atoms with van der Waals surface area (Å²) in [5, 5.41) is 16.8. The van der Waals surface area contributed by atoms with Gasteiger partial charge in [0.25, 0.3) is 0 Å². The lowest BCUT2D eigenvalue weighted by atomic mass is 9.97. The predicted octanol–water partition coefficient (Wildman–Crippen LogP) is 10.6. The summed E-state index contributed by atoms with van der Waals surface area (Å²) in [5.41, 5.74) is 12.3. The zero-order chi connectivity index (χ0) is 43.0. The van der Waals surface area contributed by atoms with Crippen molar-refractivity contribution in [2.24, 2.45) is 0 Å². The van der Waals surface area contributed by atoms with Crippen LogP contribution in [0.3, 0.4) is 0 Å². The minimum Gasteiger partial charge on any atom is -0.493 e. The van der Waals surface area contributed by atoms with Crippen molar-refractivity contribution in [3.05, 3.63) is 119 Å². The van der Waals surface area contributed by atoms with Crippen molar-refractivity contribution < 1.29 is 18.9 Å². The Bertz CT molecular complexity index is 2650. The maximum absolute atomic E-state index is 5.50. The Morgan fingerprint density at radius 1 is 0.623 bits per heavy atom. The van der Waals surface area contributed by atoms with Crippen LogP contribution in [0.4, 0.5) is 11.6 Å². The number of aromatic nitrogens is 6. The predicted molar refractivity (Wildman–Crippen MR) is 245 cm³/mol. The average molecular weight is 823 g/mol. The zero-order valence-corrected chi connectivity index (χ0v) is 36.9. The molecule has 61 heavy (non-hydrogen) atoms. The van der Waals surface area contributed by atoms with E-state index in [9.17, 15) is 0 Å². The molecule has 2 N–H and O–H groups in total. The maximum Gasteiger partial charge on any atom is 0.165 e. The number of methoxy groups -OCH3 is 4. The van der Waals surface area contributed by atoms with E-state index in [2.05, 4.69) is 54.0 Å². The molecule has 0 amide bonds. The molecule has 0 aliphatic heterocycles. The van der Waals surface area contributed by atoms with Gasteiger partial charge >= 0.3 is 0 Å². The molecule has 4 aromatic heterocycles. The van der Waals surface area contributed by atoms with Gasteiger partial charge in [0, 0.05) is 47.7 Å². The Balaban J connectivity index is 0.000000184. The largest absolute Gasteiger partial charge is 0.493 e. The minimum atomic E-state index is 0.367. The Morgan fingerprint density at radius 3 is 1.64 bits per heavy atom. The number of ether oxygens (including phenoxy) is 4. The standard InChI is InChI=1S/C25H28N4O2.C24H30N4O2/c1-16(19-9-7-6-8-10-19)15-26-23-13-17(2)27-25-24(18(3)28-29(23)25)20-11-12-21(30-4)22(14-20)31-5;1-16-14-22(25-13-12-18-8-6-5-7-9-18)28-24(26-16)23(17(2)27-28)19-10-11-20(29-3)21(15-19)30-4/h6-14,16,26H,15H2,1-5H3;8,10-11,14-15,25H,5-7,9,12-13H2,1-4H3. The van der Waals surface area contributed by atoms with Gasteiger partial charge in [-0.2, -0.15) is 19.2 Å². The number of hydrogen-bond donors (Lipinski definition) is 2. The van der Waals surface area contributed by atoms with Crippen LogP contribution in [0.15, 0.2) is 90.5 Å². The summed E-state index contributed by atoms with van der Waals surface area (Å²) in [6.07, 6.45) is 8.58. The maximum atomic E-state index is 5.50. The summed E-state index contributed by atoms with van der Waals surface area (Å²) < 4.78 is 25.6. The normalized spacial score (nSPS) is 13.0. The van der Waals surface area contributed by atoms with Crippen molar-refractivity contribution in [2.75, 3.05) is 52.2 Å². The third-order valence-electron chi connectivity index (χ3n) is 11.2. The van der Waals surface area contributed by atoms with E-state index < -0.39 is 0 Å². The third-order valence-corrected chi connectivity index (χ3v) is 11.2. The van der Waals surface area contributed by atoms with Gasteiger partial charge in [-0.15, -0.1) is 0 Å². The van der Waals surface area contributed by atoms with Crippen molar-refractivity contribution in [3.8, 4) is 45.3 Å². The van der Waals surface area contributed by atoms with Gasteiger partial charge < -0.3 is 29.6 Å². The highest BCUT2D eigenvalue weighted by molar-refractivity contribution is 5.83. The van der Waals surface area contributed by atoms with Crippen molar-refractivity contribution in [1.82, 2.24) is 29.2 Å². The number of rotatable bonds is 14. The lowest BCUT2D eigenvalue weighted by molar-refractivity contribution is 0.355. The summed E-state index contributed by atoms with van der Waals surface area (Å²) in [4.78, 5) is 9.61. The molecule has 0 bridgehead atoms. The molecule has 0 spiro atoms. The summed E-state index contributed by atoms with van der Waals surface area (Å²) >= 11 is 0. The molecule has 318 valence electrons. The topological polar surface area (TPSA) is 121 Å². The minimum absolute atomic E-state index is 0.367. The number of nitrogens with zero attached hydrogens (tertiary/aromatic N) is 6. The third kappa shape index (κ3) is 9.43. The van der Waals surface area contributed by atoms with E-state index in [1.807, 2.05) is 85.3 Å². The Hall–Kier alpha value is -6.56. The van der Waals surface area contributed by atoms with E-state index in [4.69, 9.17) is 39.1 Å². The molecule has 1 atom stereocenters. The van der Waals surface area contributed by atoms with Gasteiger partial charge in [-0.25, -0.2) is 9.97 Å². The second-order valence-electron chi connectivity index (χ2n) is 15.6. The molecule has 1 aliphatic rings. The number of allylic oxidation sites excluding steroid dienone is 1. The van der Waals surface area contributed by atoms with Crippen LogP contribution in [-0.2, 0) is 0 Å². The first kappa shape index (κ1) is 42.6. The van der Waals surface area contributed by atoms with Crippen molar-refractivity contribution >= 4 is 22.9 Å². The highest BCUT2D eigenvalue weighted by atomic mass is 16.5. The van der Waals surface area contributed by atoms with Crippen LogP contribution in [-0.4, -0.2) is 70.7 Å². The van der Waals surface area contributed by atoms with Crippen LogP contribution in [0.1, 0.15) is 73.3 Å². The number of benzene rings is 3. The summed E-state index contributed by atoms with van der Waals surface area (Å²) in [7, 11) is 6.57. The number of anilines is 2. The van der Waals surface area contributed by atoms with Crippen LogP contribution in [0, 0.1) is 27.7 Å². The molecule has 1 aliphatic carbocycles. The van der Waals surface area contributed by atoms with Crippen LogP contribution in [0.5, 0.6) is 23.0 Å². The van der Waals surface area contributed by atoms with E-state index in [0.717, 1.165) is 87.5 Å². The smallest absolute Gasteiger partial charge is 0.165 e. The quantitative estimate of drug-likeness (QED) is 0.103. The first-order chi connectivity index (χ1) is 29.6. The van der Waals surface area contributed by atoms with E-state index >= 15 is 0 Å². The molecule has 0 saturated heterocycles. The molecule has 4 heterocycles. The van der Waals surface area contributed by atoms with Gasteiger partial charge in [-0.1, -0.05) is 61.0 Å². The van der Waals surface area contributed by atoms with Gasteiger partial charge in [-0.05, 0) is 107 Å². The molecular weight excluding hydrogens is 765 g/mol. The highest BCUT2D eigenvalue weighted by Gasteiger charge is 2.20. The van der Waals surface area contributed by atoms with Crippen LogP contribution in [0.2, 0.25) is 0 Å². The molecular formula is C49H58N8O4. The second kappa shape index (κ2) is 19.2.